The highest BCUT2D eigenvalue weighted by atomic mass is 16.2. The van der Waals surface area contributed by atoms with E-state index in [1.807, 2.05) is 23.1 Å². The van der Waals surface area contributed by atoms with Crippen LogP contribution >= 0.6 is 0 Å². The molecule has 1 aromatic carbocycles. The highest BCUT2D eigenvalue weighted by Crippen LogP contribution is 2.31. The van der Waals surface area contributed by atoms with Crippen molar-refractivity contribution in [3.8, 4) is 0 Å². The maximum atomic E-state index is 12.2. The molecule has 2 amide bonds. The quantitative estimate of drug-likeness (QED) is 0.925. The first-order valence-corrected chi connectivity index (χ1v) is 8.43. The molecule has 1 heterocycles. The topological polar surface area (TPSA) is 49.4 Å². The molecular formula is C18H24N2O2. The Morgan fingerprint density at radius 1 is 1.27 bits per heavy atom. The van der Waals surface area contributed by atoms with E-state index in [1.54, 1.807) is 0 Å². The number of anilines is 2. The first-order valence-electron chi connectivity index (χ1n) is 8.43. The Bertz CT molecular complexity index is 576. The molecule has 0 bridgehead atoms. The molecule has 4 heteroatoms. The van der Waals surface area contributed by atoms with E-state index in [2.05, 4.69) is 12.2 Å². The number of aryl methyl sites for hydroxylation is 1. The van der Waals surface area contributed by atoms with E-state index in [9.17, 15) is 9.59 Å². The number of fused-ring (bicyclic) bond motifs is 1. The third-order valence-electron chi connectivity index (χ3n) is 4.72. The zero-order chi connectivity index (χ0) is 15.5. The summed E-state index contributed by atoms with van der Waals surface area (Å²) >= 11 is 0. The lowest BCUT2D eigenvalue weighted by molar-refractivity contribution is -0.120. The van der Waals surface area contributed by atoms with Crippen LogP contribution in [0.15, 0.2) is 18.2 Å². The summed E-state index contributed by atoms with van der Waals surface area (Å²) in [6, 6.07) is 5.94. The normalized spacial score (nSPS) is 18.4. The second-order valence-electron chi connectivity index (χ2n) is 6.36. The van der Waals surface area contributed by atoms with Crippen molar-refractivity contribution >= 4 is 23.2 Å². The van der Waals surface area contributed by atoms with Gasteiger partial charge in [-0.1, -0.05) is 19.8 Å². The fraction of sp³-hybridized carbons (Fsp3) is 0.556. The van der Waals surface area contributed by atoms with Crippen LogP contribution in [0.5, 0.6) is 0 Å². The smallest absolute Gasteiger partial charge is 0.227 e. The van der Waals surface area contributed by atoms with Crippen molar-refractivity contribution in [2.45, 2.75) is 51.9 Å². The third-order valence-corrected chi connectivity index (χ3v) is 4.72. The number of nitrogens with zero attached hydrogens (tertiary/aromatic N) is 1. The molecule has 1 aromatic rings. The Kier molecular flexibility index (Phi) is 4.46. The summed E-state index contributed by atoms with van der Waals surface area (Å²) in [5.41, 5.74) is 3.04. The number of hydrogen-bond acceptors (Lipinski definition) is 2. The molecule has 1 aliphatic carbocycles. The van der Waals surface area contributed by atoms with Gasteiger partial charge in [0.1, 0.15) is 0 Å². The van der Waals surface area contributed by atoms with E-state index in [-0.39, 0.29) is 17.7 Å². The maximum absolute atomic E-state index is 12.2. The lowest BCUT2D eigenvalue weighted by Gasteiger charge is -2.29. The summed E-state index contributed by atoms with van der Waals surface area (Å²) in [5.74, 6) is 0.529. The summed E-state index contributed by atoms with van der Waals surface area (Å²) in [5, 5.41) is 3.05. The summed E-state index contributed by atoms with van der Waals surface area (Å²) in [6.07, 6.45) is 6.62. The molecule has 0 atom stereocenters. The van der Waals surface area contributed by atoms with Gasteiger partial charge in [0.2, 0.25) is 11.8 Å². The Labute approximate surface area is 131 Å². The minimum atomic E-state index is 0.148. The molecule has 0 radical (unpaired) electrons. The SMILES string of the molecule is CCCN1C(=O)CCc2cc(NC(=O)C3CCCC3)ccc21. The number of carbonyl (C=O) groups is 2. The number of carbonyl (C=O) groups excluding carboxylic acids is 2. The van der Waals surface area contributed by atoms with Crippen LogP contribution in [0.4, 0.5) is 11.4 Å². The first-order chi connectivity index (χ1) is 10.7. The van der Waals surface area contributed by atoms with E-state index < -0.39 is 0 Å². The second-order valence-corrected chi connectivity index (χ2v) is 6.36. The minimum Gasteiger partial charge on any atom is -0.326 e. The standard InChI is InChI=1S/C18H24N2O2/c1-2-11-20-16-9-8-15(12-14(16)7-10-17(20)21)19-18(22)13-5-3-4-6-13/h8-9,12-13H,2-7,10-11H2,1H3,(H,19,22). The fourth-order valence-corrected chi connectivity index (χ4v) is 3.54. The lowest BCUT2D eigenvalue weighted by atomic mass is 10.00. The van der Waals surface area contributed by atoms with Gasteiger partial charge in [-0.15, -0.1) is 0 Å². The van der Waals surface area contributed by atoms with Crippen molar-refractivity contribution in [2.24, 2.45) is 5.92 Å². The molecule has 2 aliphatic rings. The molecule has 0 unspecified atom stereocenters. The minimum absolute atomic E-state index is 0.148. The molecule has 1 N–H and O–H groups in total. The van der Waals surface area contributed by atoms with E-state index >= 15 is 0 Å². The molecule has 3 rings (SSSR count). The number of hydrogen-bond donors (Lipinski definition) is 1. The molecule has 1 saturated carbocycles. The first kappa shape index (κ1) is 15.1. The van der Waals surface area contributed by atoms with Crippen LogP contribution < -0.4 is 10.2 Å². The molecular weight excluding hydrogens is 276 g/mol. The lowest BCUT2D eigenvalue weighted by Crippen LogP contribution is -2.35. The molecule has 0 spiro atoms. The summed E-state index contributed by atoms with van der Waals surface area (Å²) in [7, 11) is 0. The predicted octanol–water partition coefficient (Wildman–Crippen LogP) is 3.50. The van der Waals surface area contributed by atoms with Gasteiger partial charge in [0, 0.05) is 30.3 Å². The van der Waals surface area contributed by atoms with Crippen LogP contribution in [0.2, 0.25) is 0 Å². The van der Waals surface area contributed by atoms with E-state index in [0.29, 0.717) is 6.42 Å². The van der Waals surface area contributed by atoms with Crippen LogP contribution in [0, 0.1) is 5.92 Å². The predicted molar refractivity (Wildman–Crippen MR) is 88.0 cm³/mol. The van der Waals surface area contributed by atoms with Gasteiger partial charge in [0.15, 0.2) is 0 Å². The van der Waals surface area contributed by atoms with Gasteiger partial charge >= 0.3 is 0 Å². The van der Waals surface area contributed by atoms with Crippen LogP contribution in [0.25, 0.3) is 0 Å². The van der Waals surface area contributed by atoms with Gasteiger partial charge in [0.25, 0.3) is 0 Å². The van der Waals surface area contributed by atoms with Crippen molar-refractivity contribution in [3.05, 3.63) is 23.8 Å². The van der Waals surface area contributed by atoms with E-state index in [1.165, 1.54) is 0 Å². The van der Waals surface area contributed by atoms with E-state index in [0.717, 1.165) is 62.0 Å². The van der Waals surface area contributed by atoms with Gasteiger partial charge in [-0.3, -0.25) is 9.59 Å². The van der Waals surface area contributed by atoms with Gasteiger partial charge in [0.05, 0.1) is 0 Å². The highest BCUT2D eigenvalue weighted by molar-refractivity contribution is 5.98. The average molecular weight is 300 g/mol. The molecule has 1 fully saturated rings. The number of benzene rings is 1. The maximum Gasteiger partial charge on any atom is 0.227 e. The van der Waals surface area contributed by atoms with E-state index in [4.69, 9.17) is 0 Å². The van der Waals surface area contributed by atoms with Crippen LogP contribution in [-0.4, -0.2) is 18.4 Å². The van der Waals surface area contributed by atoms with Gasteiger partial charge in [-0.2, -0.15) is 0 Å². The molecule has 4 nitrogen and oxygen atoms in total. The Morgan fingerprint density at radius 3 is 2.77 bits per heavy atom. The van der Waals surface area contributed by atoms with Gasteiger partial charge in [-0.25, -0.2) is 0 Å². The Hall–Kier alpha value is -1.84. The molecule has 22 heavy (non-hydrogen) atoms. The van der Waals surface area contributed by atoms with Gasteiger partial charge < -0.3 is 10.2 Å². The molecule has 0 aromatic heterocycles. The zero-order valence-corrected chi connectivity index (χ0v) is 13.2. The van der Waals surface area contributed by atoms with Crippen molar-refractivity contribution < 1.29 is 9.59 Å². The molecule has 1 aliphatic heterocycles. The van der Waals surface area contributed by atoms with Crippen LogP contribution in [0.1, 0.15) is 51.0 Å². The zero-order valence-electron chi connectivity index (χ0n) is 13.2. The van der Waals surface area contributed by atoms with Crippen molar-refractivity contribution in [2.75, 3.05) is 16.8 Å². The largest absolute Gasteiger partial charge is 0.326 e. The summed E-state index contributed by atoms with van der Waals surface area (Å²) < 4.78 is 0. The number of amides is 2. The Balaban J connectivity index is 1.76. The van der Waals surface area contributed by atoms with Crippen LogP contribution in [0.3, 0.4) is 0 Å². The number of nitrogens with one attached hydrogen (secondary N) is 1. The van der Waals surface area contributed by atoms with Crippen molar-refractivity contribution in [3.63, 3.8) is 0 Å². The Morgan fingerprint density at radius 2 is 2.05 bits per heavy atom. The monoisotopic (exact) mass is 300 g/mol. The van der Waals surface area contributed by atoms with Crippen molar-refractivity contribution in [1.82, 2.24) is 0 Å². The summed E-state index contributed by atoms with van der Waals surface area (Å²) in [6.45, 7) is 2.84. The van der Waals surface area contributed by atoms with Gasteiger partial charge in [-0.05, 0) is 49.4 Å². The second kappa shape index (κ2) is 6.51. The van der Waals surface area contributed by atoms with Crippen LogP contribution in [-0.2, 0) is 16.0 Å². The number of rotatable bonds is 4. The highest BCUT2D eigenvalue weighted by Gasteiger charge is 2.25. The third kappa shape index (κ3) is 3.01. The average Bonchev–Trinajstić information content (AvgIpc) is 3.05. The fourth-order valence-electron chi connectivity index (χ4n) is 3.54. The van der Waals surface area contributed by atoms with Crippen molar-refractivity contribution in [1.29, 1.82) is 0 Å². The molecule has 0 saturated heterocycles. The molecule has 118 valence electrons. The summed E-state index contributed by atoms with van der Waals surface area (Å²) in [4.78, 5) is 26.1.